The predicted molar refractivity (Wildman–Crippen MR) is 64.5 cm³/mol. The zero-order valence-electron chi connectivity index (χ0n) is 9.76. The van der Waals surface area contributed by atoms with E-state index < -0.39 is 17.7 Å². The standard InChI is InChI=1S/C14H17F2N/c15-11-7-4-8-12(16)14(11)13(17)9-10-5-2-1-3-6-10/h4-5,7-8,13H,1-3,6,9,17H2. The maximum atomic E-state index is 13.5. The number of halogens is 2. The van der Waals surface area contributed by atoms with Gasteiger partial charge in [0.25, 0.3) is 0 Å². The second kappa shape index (κ2) is 5.41. The summed E-state index contributed by atoms with van der Waals surface area (Å²) in [6.07, 6.45) is 7.12. The fourth-order valence-electron chi connectivity index (χ4n) is 2.34. The molecule has 0 bridgehead atoms. The van der Waals surface area contributed by atoms with E-state index >= 15 is 0 Å². The fourth-order valence-corrected chi connectivity index (χ4v) is 2.34. The summed E-state index contributed by atoms with van der Waals surface area (Å²) in [4.78, 5) is 0. The molecule has 2 N–H and O–H groups in total. The summed E-state index contributed by atoms with van der Waals surface area (Å²) in [7, 11) is 0. The molecule has 1 aromatic rings. The van der Waals surface area contributed by atoms with Crippen LogP contribution in [0.4, 0.5) is 8.78 Å². The van der Waals surface area contributed by atoms with Gasteiger partial charge in [-0.15, -0.1) is 0 Å². The summed E-state index contributed by atoms with van der Waals surface area (Å²) >= 11 is 0. The molecular formula is C14H17F2N. The Balaban J connectivity index is 2.14. The first-order chi connectivity index (χ1) is 8.18. The van der Waals surface area contributed by atoms with E-state index in [9.17, 15) is 8.78 Å². The Morgan fingerprint density at radius 1 is 1.18 bits per heavy atom. The van der Waals surface area contributed by atoms with Gasteiger partial charge in [0.2, 0.25) is 0 Å². The molecule has 0 radical (unpaired) electrons. The van der Waals surface area contributed by atoms with E-state index in [2.05, 4.69) is 6.08 Å². The fraction of sp³-hybridized carbons (Fsp3) is 0.429. The van der Waals surface area contributed by atoms with Crippen molar-refractivity contribution in [3.8, 4) is 0 Å². The molecule has 0 aromatic heterocycles. The summed E-state index contributed by atoms with van der Waals surface area (Å²) in [5.41, 5.74) is 7.15. The maximum absolute atomic E-state index is 13.5. The van der Waals surface area contributed by atoms with Crippen LogP contribution in [0.25, 0.3) is 0 Å². The van der Waals surface area contributed by atoms with Crippen LogP contribution in [-0.2, 0) is 0 Å². The van der Waals surface area contributed by atoms with Crippen LogP contribution in [-0.4, -0.2) is 0 Å². The lowest BCUT2D eigenvalue weighted by molar-refractivity contribution is 0.517. The average Bonchev–Trinajstić information content (AvgIpc) is 2.30. The summed E-state index contributed by atoms with van der Waals surface area (Å²) in [5, 5.41) is 0. The zero-order chi connectivity index (χ0) is 12.3. The Morgan fingerprint density at radius 3 is 2.47 bits per heavy atom. The molecule has 0 aliphatic heterocycles. The van der Waals surface area contributed by atoms with E-state index in [-0.39, 0.29) is 5.56 Å². The van der Waals surface area contributed by atoms with Gasteiger partial charge in [-0.2, -0.15) is 0 Å². The van der Waals surface area contributed by atoms with E-state index in [1.807, 2.05) is 0 Å². The lowest BCUT2D eigenvalue weighted by Crippen LogP contribution is -2.15. The normalized spacial score (nSPS) is 17.7. The lowest BCUT2D eigenvalue weighted by atomic mass is 9.91. The molecule has 1 unspecified atom stereocenters. The highest BCUT2D eigenvalue weighted by atomic mass is 19.1. The van der Waals surface area contributed by atoms with Gasteiger partial charge in [0, 0.05) is 11.6 Å². The summed E-state index contributed by atoms with van der Waals surface area (Å²) < 4.78 is 27.0. The summed E-state index contributed by atoms with van der Waals surface area (Å²) in [5.74, 6) is -1.09. The van der Waals surface area contributed by atoms with Gasteiger partial charge in [-0.25, -0.2) is 8.78 Å². The molecule has 3 heteroatoms. The maximum Gasteiger partial charge on any atom is 0.130 e. The van der Waals surface area contributed by atoms with E-state index in [0.717, 1.165) is 19.3 Å². The third kappa shape index (κ3) is 2.91. The van der Waals surface area contributed by atoms with E-state index in [4.69, 9.17) is 5.73 Å². The second-order valence-corrected chi connectivity index (χ2v) is 4.55. The van der Waals surface area contributed by atoms with Crippen LogP contribution in [0.5, 0.6) is 0 Å². The van der Waals surface area contributed by atoms with Gasteiger partial charge in [0.1, 0.15) is 11.6 Å². The molecule has 17 heavy (non-hydrogen) atoms. The topological polar surface area (TPSA) is 26.0 Å². The van der Waals surface area contributed by atoms with Crippen molar-refractivity contribution in [2.75, 3.05) is 0 Å². The van der Waals surface area contributed by atoms with Gasteiger partial charge in [0.05, 0.1) is 0 Å². The monoisotopic (exact) mass is 237 g/mol. The van der Waals surface area contributed by atoms with Gasteiger partial charge in [-0.05, 0) is 44.2 Å². The quantitative estimate of drug-likeness (QED) is 0.794. The molecule has 1 aliphatic rings. The van der Waals surface area contributed by atoms with E-state index in [1.165, 1.54) is 30.2 Å². The first-order valence-electron chi connectivity index (χ1n) is 6.06. The first kappa shape index (κ1) is 12.2. The van der Waals surface area contributed by atoms with Crippen molar-refractivity contribution in [3.63, 3.8) is 0 Å². The van der Waals surface area contributed by atoms with Crippen LogP contribution >= 0.6 is 0 Å². The molecule has 92 valence electrons. The van der Waals surface area contributed by atoms with Crippen molar-refractivity contribution < 1.29 is 8.78 Å². The molecule has 0 amide bonds. The minimum Gasteiger partial charge on any atom is -0.324 e. The Labute approximate surface area is 100 Å². The van der Waals surface area contributed by atoms with Crippen LogP contribution in [0.3, 0.4) is 0 Å². The minimum absolute atomic E-state index is 0.0129. The third-order valence-electron chi connectivity index (χ3n) is 3.24. The van der Waals surface area contributed by atoms with Crippen LogP contribution in [0, 0.1) is 11.6 Å². The van der Waals surface area contributed by atoms with Gasteiger partial charge in [-0.1, -0.05) is 17.7 Å². The van der Waals surface area contributed by atoms with Gasteiger partial charge in [0.15, 0.2) is 0 Å². The third-order valence-corrected chi connectivity index (χ3v) is 3.24. The predicted octanol–water partition coefficient (Wildman–Crippen LogP) is 3.86. The van der Waals surface area contributed by atoms with Gasteiger partial charge >= 0.3 is 0 Å². The van der Waals surface area contributed by atoms with Crippen molar-refractivity contribution in [1.29, 1.82) is 0 Å². The van der Waals surface area contributed by atoms with Gasteiger partial charge < -0.3 is 5.73 Å². The molecule has 2 rings (SSSR count). The number of rotatable bonds is 3. The Bertz CT molecular complexity index is 406. The number of allylic oxidation sites excluding steroid dienone is 1. The number of benzene rings is 1. The number of hydrogen-bond acceptors (Lipinski definition) is 1. The molecule has 1 aromatic carbocycles. The van der Waals surface area contributed by atoms with Crippen LogP contribution < -0.4 is 5.73 Å². The Kier molecular flexibility index (Phi) is 3.89. The minimum atomic E-state index is -0.583. The molecule has 0 spiro atoms. The summed E-state index contributed by atoms with van der Waals surface area (Å²) in [6, 6.07) is 3.29. The SMILES string of the molecule is NC(CC1=CCCCC1)c1c(F)cccc1F. The van der Waals surface area contributed by atoms with Crippen molar-refractivity contribution in [1.82, 2.24) is 0 Å². The second-order valence-electron chi connectivity index (χ2n) is 4.55. The molecule has 0 saturated carbocycles. The van der Waals surface area contributed by atoms with Crippen LogP contribution in [0.2, 0.25) is 0 Å². The van der Waals surface area contributed by atoms with Crippen LogP contribution in [0.15, 0.2) is 29.8 Å². The van der Waals surface area contributed by atoms with E-state index in [1.54, 1.807) is 0 Å². The molecule has 0 fully saturated rings. The van der Waals surface area contributed by atoms with E-state index in [0.29, 0.717) is 6.42 Å². The van der Waals surface area contributed by atoms with Crippen molar-refractivity contribution >= 4 is 0 Å². The zero-order valence-corrected chi connectivity index (χ0v) is 9.76. The molecule has 1 nitrogen and oxygen atoms in total. The van der Waals surface area contributed by atoms with Crippen molar-refractivity contribution in [2.45, 2.75) is 38.1 Å². The van der Waals surface area contributed by atoms with Crippen molar-refractivity contribution in [3.05, 3.63) is 47.0 Å². The highest BCUT2D eigenvalue weighted by Gasteiger charge is 2.18. The smallest absolute Gasteiger partial charge is 0.130 e. The lowest BCUT2D eigenvalue weighted by Gasteiger charge is -2.18. The molecular weight excluding hydrogens is 220 g/mol. The number of nitrogens with two attached hydrogens (primary N) is 1. The molecule has 1 atom stereocenters. The highest BCUT2D eigenvalue weighted by molar-refractivity contribution is 5.25. The Hall–Kier alpha value is -1.22. The molecule has 0 heterocycles. The van der Waals surface area contributed by atoms with Crippen LogP contribution in [0.1, 0.15) is 43.7 Å². The molecule has 0 saturated heterocycles. The van der Waals surface area contributed by atoms with Gasteiger partial charge in [-0.3, -0.25) is 0 Å². The van der Waals surface area contributed by atoms with Crippen molar-refractivity contribution in [2.24, 2.45) is 5.73 Å². The average molecular weight is 237 g/mol. The summed E-state index contributed by atoms with van der Waals surface area (Å²) in [6.45, 7) is 0. The Morgan fingerprint density at radius 2 is 1.88 bits per heavy atom. The first-order valence-corrected chi connectivity index (χ1v) is 6.06. The highest BCUT2D eigenvalue weighted by Crippen LogP contribution is 2.28. The molecule has 1 aliphatic carbocycles. The number of hydrogen-bond donors (Lipinski definition) is 1. The largest absolute Gasteiger partial charge is 0.324 e.